The van der Waals surface area contributed by atoms with E-state index in [-0.39, 0.29) is 0 Å². The van der Waals surface area contributed by atoms with Gasteiger partial charge in [-0.1, -0.05) is 25.8 Å². The van der Waals surface area contributed by atoms with Gasteiger partial charge < -0.3 is 0 Å². The van der Waals surface area contributed by atoms with Gasteiger partial charge in [0, 0.05) is 12.3 Å². The van der Waals surface area contributed by atoms with E-state index < -0.39 is 0 Å². The molecular formula is C13H22O. The Labute approximate surface area is 87.6 Å². The molecule has 1 rings (SSSR count). The van der Waals surface area contributed by atoms with Crippen molar-refractivity contribution in [2.45, 2.75) is 51.9 Å². The molecule has 0 aliphatic heterocycles. The topological polar surface area (TPSA) is 17.1 Å². The average Bonchev–Trinajstić information content (AvgIpc) is 2.18. The first-order valence-corrected chi connectivity index (χ1v) is 5.93. The lowest BCUT2D eigenvalue weighted by Gasteiger charge is -2.28. The van der Waals surface area contributed by atoms with Crippen molar-refractivity contribution in [1.82, 2.24) is 0 Å². The zero-order valence-corrected chi connectivity index (χ0v) is 9.30. The van der Waals surface area contributed by atoms with Crippen LogP contribution in [0.5, 0.6) is 0 Å². The van der Waals surface area contributed by atoms with E-state index in [9.17, 15) is 4.79 Å². The normalized spacial score (nSPS) is 24.6. The van der Waals surface area contributed by atoms with E-state index in [1.54, 1.807) is 0 Å². The highest BCUT2D eigenvalue weighted by molar-refractivity contribution is 5.81. The molecule has 2 unspecified atom stereocenters. The Hall–Kier alpha value is -0.590. The highest BCUT2D eigenvalue weighted by atomic mass is 16.1. The standard InChI is InChI=1S/C13H22O/c1-3-7-11(8-4-2)12-9-5-6-10-13(12)14/h3,11-12H,1,4-10H2,2H3. The fourth-order valence-electron chi connectivity index (χ4n) is 2.58. The summed E-state index contributed by atoms with van der Waals surface area (Å²) < 4.78 is 0. The first-order valence-electron chi connectivity index (χ1n) is 5.93. The zero-order valence-electron chi connectivity index (χ0n) is 9.30. The van der Waals surface area contributed by atoms with Gasteiger partial charge >= 0.3 is 0 Å². The lowest BCUT2D eigenvalue weighted by atomic mass is 9.76. The van der Waals surface area contributed by atoms with Crippen LogP contribution in [0.25, 0.3) is 0 Å². The Balaban J connectivity index is 2.54. The molecule has 0 heterocycles. The number of carbonyl (C=O) groups excluding carboxylic acids is 1. The van der Waals surface area contributed by atoms with Crippen molar-refractivity contribution in [2.24, 2.45) is 11.8 Å². The van der Waals surface area contributed by atoms with E-state index in [1.807, 2.05) is 6.08 Å². The number of allylic oxidation sites excluding steroid dienone is 1. The number of hydrogen-bond acceptors (Lipinski definition) is 1. The molecule has 2 atom stereocenters. The molecule has 14 heavy (non-hydrogen) atoms. The van der Waals surface area contributed by atoms with Crippen molar-refractivity contribution >= 4 is 5.78 Å². The van der Waals surface area contributed by atoms with Gasteiger partial charge in [-0.2, -0.15) is 0 Å². The summed E-state index contributed by atoms with van der Waals surface area (Å²) in [6, 6.07) is 0. The summed E-state index contributed by atoms with van der Waals surface area (Å²) in [5.41, 5.74) is 0. The van der Waals surface area contributed by atoms with Crippen LogP contribution in [0.15, 0.2) is 12.7 Å². The van der Waals surface area contributed by atoms with Crippen LogP contribution in [-0.2, 0) is 4.79 Å². The zero-order chi connectivity index (χ0) is 10.4. The average molecular weight is 194 g/mol. The lowest BCUT2D eigenvalue weighted by molar-refractivity contribution is -0.126. The van der Waals surface area contributed by atoms with Crippen LogP contribution in [0.4, 0.5) is 0 Å². The maximum absolute atomic E-state index is 11.8. The van der Waals surface area contributed by atoms with Crippen molar-refractivity contribution < 1.29 is 4.79 Å². The fraction of sp³-hybridized carbons (Fsp3) is 0.769. The van der Waals surface area contributed by atoms with Crippen molar-refractivity contribution in [3.8, 4) is 0 Å². The predicted molar refractivity (Wildman–Crippen MR) is 60.2 cm³/mol. The Morgan fingerprint density at radius 1 is 1.57 bits per heavy atom. The third-order valence-corrected chi connectivity index (χ3v) is 3.30. The second-order valence-corrected chi connectivity index (χ2v) is 4.39. The molecule has 1 fully saturated rings. The summed E-state index contributed by atoms with van der Waals surface area (Å²) in [6.45, 7) is 5.99. The second-order valence-electron chi connectivity index (χ2n) is 4.39. The highest BCUT2D eigenvalue weighted by Gasteiger charge is 2.28. The smallest absolute Gasteiger partial charge is 0.136 e. The molecule has 0 saturated heterocycles. The van der Waals surface area contributed by atoms with Gasteiger partial charge in [-0.3, -0.25) is 4.79 Å². The van der Waals surface area contributed by atoms with Gasteiger partial charge in [0.1, 0.15) is 5.78 Å². The number of ketones is 1. The molecule has 0 amide bonds. The summed E-state index contributed by atoms with van der Waals surface area (Å²) in [5, 5.41) is 0. The minimum atomic E-state index is 0.349. The maximum atomic E-state index is 11.8. The summed E-state index contributed by atoms with van der Waals surface area (Å²) in [7, 11) is 0. The summed E-state index contributed by atoms with van der Waals surface area (Å²) in [6.07, 6.45) is 9.66. The Bertz CT molecular complexity index is 195. The van der Waals surface area contributed by atoms with Crippen LogP contribution in [0.1, 0.15) is 51.9 Å². The van der Waals surface area contributed by atoms with Crippen LogP contribution in [0.3, 0.4) is 0 Å². The molecule has 0 N–H and O–H groups in total. The molecule has 1 nitrogen and oxygen atoms in total. The highest BCUT2D eigenvalue weighted by Crippen LogP contribution is 2.32. The SMILES string of the molecule is C=CCC(CCC)C1CCCCC1=O. The molecule has 0 aromatic rings. The van der Waals surface area contributed by atoms with Gasteiger partial charge in [0.15, 0.2) is 0 Å². The largest absolute Gasteiger partial charge is 0.299 e. The maximum Gasteiger partial charge on any atom is 0.136 e. The molecular weight excluding hydrogens is 172 g/mol. The molecule has 1 heteroatoms. The van der Waals surface area contributed by atoms with Crippen LogP contribution < -0.4 is 0 Å². The molecule has 0 spiro atoms. The van der Waals surface area contributed by atoms with E-state index in [1.165, 1.54) is 19.3 Å². The van der Waals surface area contributed by atoms with E-state index >= 15 is 0 Å². The molecule has 0 bridgehead atoms. The van der Waals surface area contributed by atoms with E-state index in [0.29, 0.717) is 17.6 Å². The molecule has 0 aromatic heterocycles. The summed E-state index contributed by atoms with van der Waals surface area (Å²) in [5.74, 6) is 1.43. The summed E-state index contributed by atoms with van der Waals surface area (Å²) >= 11 is 0. The van der Waals surface area contributed by atoms with Crippen molar-refractivity contribution in [3.05, 3.63) is 12.7 Å². The molecule has 1 saturated carbocycles. The Morgan fingerprint density at radius 3 is 2.93 bits per heavy atom. The first kappa shape index (κ1) is 11.5. The third kappa shape index (κ3) is 2.97. The van der Waals surface area contributed by atoms with Crippen molar-refractivity contribution in [3.63, 3.8) is 0 Å². The number of Topliss-reactive ketones (excluding diaryl/α,β-unsaturated/α-hetero) is 1. The minimum absolute atomic E-state index is 0.349. The third-order valence-electron chi connectivity index (χ3n) is 3.30. The molecule has 1 aliphatic rings. The number of rotatable bonds is 5. The second kappa shape index (κ2) is 6.00. The summed E-state index contributed by atoms with van der Waals surface area (Å²) in [4.78, 5) is 11.8. The van der Waals surface area contributed by atoms with Gasteiger partial charge in [-0.05, 0) is 31.6 Å². The van der Waals surface area contributed by atoms with Crippen LogP contribution in [-0.4, -0.2) is 5.78 Å². The van der Waals surface area contributed by atoms with Gasteiger partial charge in [0.2, 0.25) is 0 Å². The molecule has 0 radical (unpaired) electrons. The van der Waals surface area contributed by atoms with Crippen molar-refractivity contribution in [1.29, 1.82) is 0 Å². The monoisotopic (exact) mass is 194 g/mol. The Kier molecular flexibility index (Phi) is 4.92. The van der Waals surface area contributed by atoms with E-state index in [2.05, 4.69) is 13.5 Å². The van der Waals surface area contributed by atoms with Gasteiger partial charge in [0.25, 0.3) is 0 Å². The fourth-order valence-corrected chi connectivity index (χ4v) is 2.58. The van der Waals surface area contributed by atoms with E-state index in [4.69, 9.17) is 0 Å². The van der Waals surface area contributed by atoms with Gasteiger partial charge in [-0.15, -0.1) is 6.58 Å². The van der Waals surface area contributed by atoms with Crippen LogP contribution in [0, 0.1) is 11.8 Å². The predicted octanol–water partition coefficient (Wildman–Crippen LogP) is 3.74. The Morgan fingerprint density at radius 2 is 2.36 bits per heavy atom. The van der Waals surface area contributed by atoms with Gasteiger partial charge in [-0.25, -0.2) is 0 Å². The van der Waals surface area contributed by atoms with Crippen LogP contribution >= 0.6 is 0 Å². The molecule has 1 aliphatic carbocycles. The van der Waals surface area contributed by atoms with E-state index in [0.717, 1.165) is 25.7 Å². The first-order chi connectivity index (χ1) is 6.79. The molecule has 80 valence electrons. The minimum Gasteiger partial charge on any atom is -0.299 e. The molecule has 0 aromatic carbocycles. The van der Waals surface area contributed by atoms with Crippen LogP contribution in [0.2, 0.25) is 0 Å². The number of hydrogen-bond donors (Lipinski definition) is 0. The quantitative estimate of drug-likeness (QED) is 0.609. The van der Waals surface area contributed by atoms with Gasteiger partial charge in [0.05, 0.1) is 0 Å². The van der Waals surface area contributed by atoms with Crippen molar-refractivity contribution in [2.75, 3.05) is 0 Å². The number of carbonyl (C=O) groups is 1. The lowest BCUT2D eigenvalue weighted by Crippen LogP contribution is -2.26.